The Balaban J connectivity index is 1.90. The van der Waals surface area contributed by atoms with Gasteiger partial charge in [0.1, 0.15) is 0 Å². The van der Waals surface area contributed by atoms with Gasteiger partial charge in [-0.3, -0.25) is 0 Å². The van der Waals surface area contributed by atoms with E-state index in [1.807, 2.05) is 31.2 Å². The smallest absolute Gasteiger partial charge is 0.343 e. The molecule has 28 heavy (non-hydrogen) atoms. The number of halogens is 1. The molecule has 0 spiro atoms. The third kappa shape index (κ3) is 6.71. The van der Waals surface area contributed by atoms with Crippen LogP contribution in [0.1, 0.15) is 24.2 Å². The Labute approximate surface area is 170 Å². The number of hydrogen-bond donors (Lipinski definition) is 2. The van der Waals surface area contributed by atoms with Crippen LogP contribution in [-0.4, -0.2) is 44.5 Å². The van der Waals surface area contributed by atoms with Gasteiger partial charge < -0.3 is 24.6 Å². The van der Waals surface area contributed by atoms with Gasteiger partial charge >= 0.3 is 5.97 Å². The van der Waals surface area contributed by atoms with Crippen LogP contribution >= 0.6 is 11.6 Å². The Morgan fingerprint density at radius 1 is 1.18 bits per heavy atom. The van der Waals surface area contributed by atoms with Gasteiger partial charge in [-0.2, -0.15) is 0 Å². The average molecular weight is 408 g/mol. The van der Waals surface area contributed by atoms with E-state index in [1.54, 1.807) is 25.3 Å². The highest BCUT2D eigenvalue weighted by molar-refractivity contribution is 6.30. The quantitative estimate of drug-likeness (QED) is 0.589. The molecule has 6 nitrogen and oxygen atoms in total. The summed E-state index contributed by atoms with van der Waals surface area (Å²) >= 11 is 5.97. The average Bonchev–Trinajstić information content (AvgIpc) is 2.70. The molecule has 2 aromatic rings. The van der Waals surface area contributed by atoms with E-state index in [-0.39, 0.29) is 12.6 Å². The van der Waals surface area contributed by atoms with Gasteiger partial charge in [0.05, 0.1) is 20.3 Å². The van der Waals surface area contributed by atoms with E-state index in [9.17, 15) is 9.90 Å². The van der Waals surface area contributed by atoms with Crippen molar-refractivity contribution in [1.82, 2.24) is 5.32 Å². The molecular weight excluding hydrogens is 382 g/mol. The van der Waals surface area contributed by atoms with E-state index < -0.39 is 12.1 Å². The molecule has 0 aliphatic carbocycles. The van der Waals surface area contributed by atoms with Gasteiger partial charge in [-0.25, -0.2) is 4.79 Å². The van der Waals surface area contributed by atoms with Crippen LogP contribution in [-0.2, 0) is 16.0 Å². The molecule has 0 amide bonds. The molecule has 0 saturated heterocycles. The first-order valence-corrected chi connectivity index (χ1v) is 9.34. The predicted molar refractivity (Wildman–Crippen MR) is 108 cm³/mol. The van der Waals surface area contributed by atoms with Crippen molar-refractivity contribution in [1.29, 1.82) is 0 Å². The molecule has 2 rings (SSSR count). The first-order valence-electron chi connectivity index (χ1n) is 8.96. The van der Waals surface area contributed by atoms with Crippen LogP contribution in [0.5, 0.6) is 11.5 Å². The van der Waals surface area contributed by atoms with Gasteiger partial charge in [0.2, 0.25) is 0 Å². The molecule has 2 atom stereocenters. The van der Waals surface area contributed by atoms with Gasteiger partial charge in [0.15, 0.2) is 18.1 Å². The standard InChI is InChI=1S/C21H26ClNO5/c1-14(23-12-18(24)16-5-4-6-17(22)11-16)9-15-7-8-19(20(10-15)26-2)28-13-21(25)27-3/h4-8,10-11,14,18,23-24H,9,12-13H2,1-3H3. The Morgan fingerprint density at radius 2 is 1.96 bits per heavy atom. The Hall–Kier alpha value is -2.28. The predicted octanol–water partition coefficient (Wildman–Crippen LogP) is 3.15. The van der Waals surface area contributed by atoms with Crippen molar-refractivity contribution in [2.24, 2.45) is 0 Å². The number of rotatable bonds is 10. The summed E-state index contributed by atoms with van der Waals surface area (Å²) in [5, 5.41) is 14.2. The van der Waals surface area contributed by atoms with Crippen LogP contribution in [0.25, 0.3) is 0 Å². The zero-order chi connectivity index (χ0) is 20.5. The summed E-state index contributed by atoms with van der Waals surface area (Å²) in [7, 11) is 2.86. The number of nitrogens with one attached hydrogen (secondary N) is 1. The third-order valence-corrected chi connectivity index (χ3v) is 4.47. The maximum Gasteiger partial charge on any atom is 0.343 e. The van der Waals surface area contributed by atoms with Crippen molar-refractivity contribution in [3.8, 4) is 11.5 Å². The van der Waals surface area contributed by atoms with Crippen molar-refractivity contribution in [2.45, 2.75) is 25.5 Å². The summed E-state index contributed by atoms with van der Waals surface area (Å²) in [5.41, 5.74) is 1.82. The zero-order valence-electron chi connectivity index (χ0n) is 16.3. The van der Waals surface area contributed by atoms with Gasteiger partial charge in [-0.15, -0.1) is 0 Å². The minimum absolute atomic E-state index is 0.125. The van der Waals surface area contributed by atoms with E-state index >= 15 is 0 Å². The SMILES string of the molecule is COC(=O)COc1ccc(CC(C)NCC(O)c2cccc(Cl)c2)cc1OC. The van der Waals surface area contributed by atoms with Crippen molar-refractivity contribution in [3.63, 3.8) is 0 Å². The molecule has 0 saturated carbocycles. The third-order valence-electron chi connectivity index (χ3n) is 4.24. The highest BCUT2D eigenvalue weighted by Gasteiger charge is 2.13. The maximum absolute atomic E-state index is 11.2. The fourth-order valence-corrected chi connectivity index (χ4v) is 2.92. The van der Waals surface area contributed by atoms with Crippen LogP contribution in [0.15, 0.2) is 42.5 Å². The van der Waals surface area contributed by atoms with Gasteiger partial charge in [0.25, 0.3) is 0 Å². The van der Waals surface area contributed by atoms with Crippen molar-refractivity contribution in [3.05, 3.63) is 58.6 Å². The number of methoxy groups -OCH3 is 2. The number of ether oxygens (including phenoxy) is 3. The lowest BCUT2D eigenvalue weighted by atomic mass is 10.1. The highest BCUT2D eigenvalue weighted by Crippen LogP contribution is 2.28. The first-order chi connectivity index (χ1) is 13.4. The van der Waals surface area contributed by atoms with Crippen LogP contribution in [0.3, 0.4) is 0 Å². The summed E-state index contributed by atoms with van der Waals surface area (Å²) in [5.74, 6) is 0.573. The second-order valence-electron chi connectivity index (χ2n) is 6.43. The molecule has 0 aromatic heterocycles. The number of carbonyl (C=O) groups excluding carboxylic acids is 1. The maximum atomic E-state index is 11.2. The van der Waals surface area contributed by atoms with E-state index in [2.05, 4.69) is 10.1 Å². The molecule has 152 valence electrons. The topological polar surface area (TPSA) is 77.0 Å². The lowest BCUT2D eigenvalue weighted by Gasteiger charge is -2.18. The second-order valence-corrected chi connectivity index (χ2v) is 6.87. The fourth-order valence-electron chi connectivity index (χ4n) is 2.72. The van der Waals surface area contributed by atoms with E-state index in [0.29, 0.717) is 23.1 Å². The minimum Gasteiger partial charge on any atom is -0.493 e. The summed E-state index contributed by atoms with van der Waals surface area (Å²) in [4.78, 5) is 11.2. The van der Waals surface area contributed by atoms with Gasteiger partial charge in [0, 0.05) is 17.6 Å². The summed E-state index contributed by atoms with van der Waals surface area (Å²) in [6.07, 6.45) is 0.0976. The molecule has 0 heterocycles. The van der Waals surface area contributed by atoms with Crippen LogP contribution in [0.4, 0.5) is 0 Å². The van der Waals surface area contributed by atoms with Crippen molar-refractivity contribution >= 4 is 17.6 Å². The van der Waals surface area contributed by atoms with Crippen molar-refractivity contribution in [2.75, 3.05) is 27.4 Å². The molecule has 0 fully saturated rings. The lowest BCUT2D eigenvalue weighted by Crippen LogP contribution is -2.32. The van der Waals surface area contributed by atoms with E-state index in [0.717, 1.165) is 17.5 Å². The van der Waals surface area contributed by atoms with Crippen molar-refractivity contribution < 1.29 is 24.1 Å². The molecule has 0 aliphatic rings. The minimum atomic E-state index is -0.634. The fraction of sp³-hybridized carbons (Fsp3) is 0.381. The highest BCUT2D eigenvalue weighted by atomic mass is 35.5. The normalized spacial score (nSPS) is 12.9. The van der Waals surface area contributed by atoms with E-state index in [4.69, 9.17) is 21.1 Å². The van der Waals surface area contributed by atoms with Gasteiger partial charge in [-0.1, -0.05) is 29.8 Å². The zero-order valence-corrected chi connectivity index (χ0v) is 17.0. The summed E-state index contributed by atoms with van der Waals surface area (Å²) < 4.78 is 15.3. The molecule has 2 aromatic carbocycles. The number of hydrogen-bond acceptors (Lipinski definition) is 6. The molecule has 2 unspecified atom stereocenters. The summed E-state index contributed by atoms with van der Waals surface area (Å²) in [6, 6.07) is 12.9. The number of esters is 1. The molecule has 0 aliphatic heterocycles. The van der Waals surface area contributed by atoms with Crippen LogP contribution in [0, 0.1) is 0 Å². The number of carbonyl (C=O) groups is 1. The number of benzene rings is 2. The van der Waals surface area contributed by atoms with E-state index in [1.165, 1.54) is 7.11 Å². The first kappa shape index (κ1) is 22.0. The largest absolute Gasteiger partial charge is 0.493 e. The molecule has 0 bridgehead atoms. The molecule has 2 N–H and O–H groups in total. The Kier molecular flexibility index (Phi) is 8.57. The van der Waals surface area contributed by atoms with Crippen LogP contribution in [0.2, 0.25) is 5.02 Å². The molecular formula is C21H26ClNO5. The number of aliphatic hydroxyl groups is 1. The van der Waals surface area contributed by atoms with Gasteiger partial charge in [-0.05, 0) is 48.7 Å². The molecule has 0 radical (unpaired) electrons. The Bertz CT molecular complexity index is 783. The number of aliphatic hydroxyl groups excluding tert-OH is 1. The lowest BCUT2D eigenvalue weighted by molar-refractivity contribution is -0.142. The summed E-state index contributed by atoms with van der Waals surface area (Å²) in [6.45, 7) is 2.28. The molecule has 7 heteroatoms. The second kappa shape index (κ2) is 10.9. The van der Waals surface area contributed by atoms with Crippen LogP contribution < -0.4 is 14.8 Å². The monoisotopic (exact) mass is 407 g/mol. The Morgan fingerprint density at radius 3 is 2.64 bits per heavy atom.